The molecule has 1 aliphatic rings. The van der Waals surface area contributed by atoms with Crippen LogP contribution in [0.1, 0.15) is 68.7 Å². The van der Waals surface area contributed by atoms with Gasteiger partial charge in [-0.2, -0.15) is 5.10 Å². The highest BCUT2D eigenvalue weighted by atomic mass is 16.2. The van der Waals surface area contributed by atoms with Crippen LogP contribution in [-0.4, -0.2) is 22.2 Å². The predicted octanol–water partition coefficient (Wildman–Crippen LogP) is 3.94. The number of rotatable bonds is 2. The Labute approximate surface area is 149 Å². The third-order valence-electron chi connectivity index (χ3n) is 4.71. The molecule has 2 N–H and O–H groups in total. The second-order valence-electron chi connectivity index (χ2n) is 8.10. The lowest BCUT2D eigenvalue weighted by Gasteiger charge is -2.29. The lowest BCUT2D eigenvalue weighted by atomic mass is 9.99. The standard InChI is InChI=1S/C20H28N4O/c1-13(2)18-12-16(22-24(18)20(3,4)5)19(25)23-11-7-8-14-15(21)9-6-10-17(14)23/h6,9-10,12-13H,7-8,11,21H2,1-5H3. The second kappa shape index (κ2) is 6.21. The monoisotopic (exact) mass is 340 g/mol. The Morgan fingerprint density at radius 2 is 2.00 bits per heavy atom. The number of nitrogens with zero attached hydrogens (tertiary/aromatic N) is 3. The van der Waals surface area contributed by atoms with E-state index < -0.39 is 0 Å². The number of fused-ring (bicyclic) bond motifs is 1. The number of anilines is 2. The molecule has 0 unspecified atom stereocenters. The van der Waals surface area contributed by atoms with Crippen LogP contribution in [-0.2, 0) is 12.0 Å². The van der Waals surface area contributed by atoms with Gasteiger partial charge in [-0.05, 0) is 63.3 Å². The van der Waals surface area contributed by atoms with Gasteiger partial charge >= 0.3 is 0 Å². The Balaban J connectivity index is 2.02. The quantitative estimate of drug-likeness (QED) is 0.842. The van der Waals surface area contributed by atoms with Gasteiger partial charge in [-0.25, -0.2) is 0 Å². The van der Waals surface area contributed by atoms with E-state index in [4.69, 9.17) is 5.73 Å². The molecule has 5 heteroatoms. The van der Waals surface area contributed by atoms with Crippen LogP contribution in [0.15, 0.2) is 24.3 Å². The fraction of sp³-hybridized carbons (Fsp3) is 0.500. The molecule has 0 saturated heterocycles. The molecule has 1 aliphatic heterocycles. The minimum absolute atomic E-state index is 0.0450. The van der Waals surface area contributed by atoms with Gasteiger partial charge in [0.25, 0.3) is 5.91 Å². The number of aromatic nitrogens is 2. The average Bonchev–Trinajstić information content (AvgIpc) is 3.00. The molecule has 0 radical (unpaired) electrons. The molecule has 2 aromatic rings. The molecule has 25 heavy (non-hydrogen) atoms. The molecule has 0 aliphatic carbocycles. The number of benzene rings is 1. The van der Waals surface area contributed by atoms with Gasteiger partial charge < -0.3 is 10.6 Å². The van der Waals surface area contributed by atoms with Crippen LogP contribution in [0, 0.1) is 0 Å². The first kappa shape index (κ1) is 17.5. The van der Waals surface area contributed by atoms with E-state index in [-0.39, 0.29) is 11.4 Å². The first-order valence-electron chi connectivity index (χ1n) is 9.00. The summed E-state index contributed by atoms with van der Waals surface area (Å²) in [6.07, 6.45) is 1.84. The van der Waals surface area contributed by atoms with E-state index in [1.807, 2.05) is 33.8 Å². The molecule has 134 valence electrons. The van der Waals surface area contributed by atoms with Crippen LogP contribution in [0.5, 0.6) is 0 Å². The average molecular weight is 340 g/mol. The highest BCUT2D eigenvalue weighted by Crippen LogP contribution is 2.33. The summed E-state index contributed by atoms with van der Waals surface area (Å²) in [5.74, 6) is 0.258. The van der Waals surface area contributed by atoms with Crippen molar-refractivity contribution in [2.24, 2.45) is 0 Å². The summed E-state index contributed by atoms with van der Waals surface area (Å²) in [5.41, 5.74) is 10.3. The van der Waals surface area contributed by atoms with Gasteiger partial charge in [0.1, 0.15) is 0 Å². The van der Waals surface area contributed by atoms with E-state index >= 15 is 0 Å². The van der Waals surface area contributed by atoms with Crippen LogP contribution in [0.3, 0.4) is 0 Å². The van der Waals surface area contributed by atoms with Crippen LogP contribution >= 0.6 is 0 Å². The Bertz CT molecular complexity index is 799. The van der Waals surface area contributed by atoms with E-state index in [9.17, 15) is 4.79 Å². The zero-order valence-corrected chi connectivity index (χ0v) is 15.8. The Morgan fingerprint density at radius 3 is 2.60 bits per heavy atom. The van der Waals surface area contributed by atoms with Gasteiger partial charge in [0.15, 0.2) is 5.69 Å². The van der Waals surface area contributed by atoms with Crippen molar-refractivity contribution in [3.8, 4) is 0 Å². The van der Waals surface area contributed by atoms with E-state index in [2.05, 4.69) is 39.7 Å². The molecule has 0 saturated carbocycles. The highest BCUT2D eigenvalue weighted by Gasteiger charge is 2.29. The second-order valence-corrected chi connectivity index (χ2v) is 8.10. The summed E-state index contributed by atoms with van der Waals surface area (Å²) < 4.78 is 1.98. The van der Waals surface area contributed by atoms with Crippen molar-refractivity contribution >= 4 is 17.3 Å². The summed E-state index contributed by atoms with van der Waals surface area (Å²) in [4.78, 5) is 15.0. The normalized spacial score (nSPS) is 14.7. The van der Waals surface area contributed by atoms with E-state index in [0.717, 1.165) is 35.5 Å². The molecule has 5 nitrogen and oxygen atoms in total. The third kappa shape index (κ3) is 3.15. The Kier molecular flexibility index (Phi) is 4.35. The van der Waals surface area contributed by atoms with E-state index in [1.165, 1.54) is 0 Å². The number of amides is 1. The number of hydrogen-bond donors (Lipinski definition) is 1. The topological polar surface area (TPSA) is 64.2 Å². The van der Waals surface area contributed by atoms with Gasteiger partial charge in [0.05, 0.1) is 5.54 Å². The maximum absolute atomic E-state index is 13.2. The van der Waals surface area contributed by atoms with Crippen LogP contribution in [0.2, 0.25) is 0 Å². The number of nitrogens with two attached hydrogens (primary N) is 1. The van der Waals surface area contributed by atoms with Gasteiger partial charge in [-0.15, -0.1) is 0 Å². The zero-order chi connectivity index (χ0) is 18.4. The third-order valence-corrected chi connectivity index (χ3v) is 4.71. The fourth-order valence-corrected chi connectivity index (χ4v) is 3.45. The molecule has 1 amide bonds. The molecule has 1 aromatic heterocycles. The van der Waals surface area contributed by atoms with Gasteiger partial charge in [0.2, 0.25) is 0 Å². The molecule has 0 atom stereocenters. The molecule has 0 bridgehead atoms. The largest absolute Gasteiger partial charge is 0.398 e. The summed E-state index contributed by atoms with van der Waals surface area (Å²) >= 11 is 0. The smallest absolute Gasteiger partial charge is 0.278 e. The maximum Gasteiger partial charge on any atom is 0.278 e. The summed E-state index contributed by atoms with van der Waals surface area (Å²) in [7, 11) is 0. The first-order valence-corrected chi connectivity index (χ1v) is 9.00. The van der Waals surface area contributed by atoms with Gasteiger partial charge in [-0.3, -0.25) is 9.48 Å². The van der Waals surface area contributed by atoms with Crippen molar-refractivity contribution in [3.63, 3.8) is 0 Å². The van der Waals surface area contributed by atoms with E-state index in [0.29, 0.717) is 18.2 Å². The summed E-state index contributed by atoms with van der Waals surface area (Å²) in [6, 6.07) is 7.73. The summed E-state index contributed by atoms with van der Waals surface area (Å²) in [6.45, 7) is 11.3. The Morgan fingerprint density at radius 1 is 1.28 bits per heavy atom. The highest BCUT2D eigenvalue weighted by molar-refractivity contribution is 6.06. The van der Waals surface area contributed by atoms with Crippen LogP contribution < -0.4 is 10.6 Å². The van der Waals surface area contributed by atoms with Crippen molar-refractivity contribution in [2.45, 2.75) is 58.9 Å². The molecule has 0 fully saturated rings. The molecular weight excluding hydrogens is 312 g/mol. The van der Waals surface area contributed by atoms with Crippen LogP contribution in [0.4, 0.5) is 11.4 Å². The molecule has 3 rings (SSSR count). The van der Waals surface area contributed by atoms with Crippen molar-refractivity contribution in [1.29, 1.82) is 0 Å². The van der Waals surface area contributed by atoms with Crippen molar-refractivity contribution in [1.82, 2.24) is 9.78 Å². The molecule has 1 aromatic carbocycles. The van der Waals surface area contributed by atoms with Crippen molar-refractivity contribution < 1.29 is 4.79 Å². The maximum atomic E-state index is 13.2. The number of hydrogen-bond acceptors (Lipinski definition) is 3. The van der Waals surface area contributed by atoms with Gasteiger partial charge in [-0.1, -0.05) is 19.9 Å². The minimum atomic E-state index is -0.164. The van der Waals surface area contributed by atoms with E-state index in [1.54, 1.807) is 0 Å². The zero-order valence-electron chi connectivity index (χ0n) is 15.8. The SMILES string of the molecule is CC(C)c1cc(C(=O)N2CCCc3c(N)cccc32)nn1C(C)(C)C. The predicted molar refractivity (Wildman–Crippen MR) is 102 cm³/mol. The fourth-order valence-electron chi connectivity index (χ4n) is 3.45. The van der Waals surface area contributed by atoms with Crippen LogP contribution in [0.25, 0.3) is 0 Å². The summed E-state index contributed by atoms with van der Waals surface area (Å²) in [5, 5.41) is 4.67. The van der Waals surface area contributed by atoms with Crippen molar-refractivity contribution in [3.05, 3.63) is 41.2 Å². The Hall–Kier alpha value is -2.30. The molecule has 2 heterocycles. The number of nitrogen functional groups attached to an aromatic ring is 1. The molecule has 0 spiro atoms. The minimum Gasteiger partial charge on any atom is -0.398 e. The first-order chi connectivity index (χ1) is 11.7. The number of carbonyl (C=O) groups excluding carboxylic acids is 1. The lowest BCUT2D eigenvalue weighted by molar-refractivity contribution is 0.0979. The molecular formula is C20H28N4O. The van der Waals surface area contributed by atoms with Crippen molar-refractivity contribution in [2.75, 3.05) is 17.2 Å². The number of carbonyl (C=O) groups is 1. The lowest BCUT2D eigenvalue weighted by Crippen LogP contribution is -2.36. The van der Waals surface area contributed by atoms with Gasteiger partial charge in [0, 0.05) is 23.6 Å².